The highest BCUT2D eigenvalue weighted by atomic mass is 35.5. The van der Waals surface area contributed by atoms with Gasteiger partial charge in [-0.1, -0.05) is 12.1 Å². The van der Waals surface area contributed by atoms with Gasteiger partial charge in [0, 0.05) is 18.7 Å². The van der Waals surface area contributed by atoms with Crippen molar-refractivity contribution >= 4 is 18.2 Å². The topological polar surface area (TPSA) is 43.8 Å². The van der Waals surface area contributed by atoms with Crippen LogP contribution in [-0.4, -0.2) is 9.78 Å². The van der Waals surface area contributed by atoms with Gasteiger partial charge < -0.3 is 5.73 Å². The lowest BCUT2D eigenvalue weighted by molar-refractivity contribution is 0.630. The van der Waals surface area contributed by atoms with Crippen molar-refractivity contribution in [3.8, 4) is 11.3 Å². The molecule has 2 aromatic rings. The Kier molecular flexibility index (Phi) is 3.31. The SMILES string of the molecule is Cl.Cn1nc(-c2ccccc2F)cc1N. The van der Waals surface area contributed by atoms with Crippen molar-refractivity contribution in [3.63, 3.8) is 0 Å². The van der Waals surface area contributed by atoms with Gasteiger partial charge in [0.05, 0.1) is 5.69 Å². The maximum absolute atomic E-state index is 13.3. The fourth-order valence-electron chi connectivity index (χ4n) is 1.28. The van der Waals surface area contributed by atoms with Crippen LogP contribution in [-0.2, 0) is 7.05 Å². The normalized spacial score (nSPS) is 9.73. The maximum Gasteiger partial charge on any atom is 0.132 e. The molecule has 0 amide bonds. The van der Waals surface area contributed by atoms with Gasteiger partial charge in [-0.15, -0.1) is 12.4 Å². The first-order chi connectivity index (χ1) is 6.68. The summed E-state index contributed by atoms with van der Waals surface area (Å²) < 4.78 is 14.8. The van der Waals surface area contributed by atoms with Crippen LogP contribution >= 0.6 is 12.4 Å². The van der Waals surface area contributed by atoms with Crippen molar-refractivity contribution in [1.82, 2.24) is 9.78 Å². The van der Waals surface area contributed by atoms with Crippen LogP contribution in [0.4, 0.5) is 10.2 Å². The smallest absolute Gasteiger partial charge is 0.132 e. The Bertz CT molecular complexity index is 448. The summed E-state index contributed by atoms with van der Waals surface area (Å²) in [6.45, 7) is 0. The highest BCUT2D eigenvalue weighted by Crippen LogP contribution is 2.22. The van der Waals surface area contributed by atoms with Crippen LogP contribution in [0.25, 0.3) is 11.3 Å². The van der Waals surface area contributed by atoms with Gasteiger partial charge in [-0.25, -0.2) is 4.39 Å². The van der Waals surface area contributed by atoms with E-state index in [0.29, 0.717) is 17.1 Å². The minimum atomic E-state index is -0.286. The molecule has 2 rings (SSSR count). The molecule has 0 bridgehead atoms. The molecule has 0 aliphatic carbocycles. The van der Waals surface area contributed by atoms with Gasteiger partial charge in [0.15, 0.2) is 0 Å². The molecule has 5 heteroatoms. The Balaban J connectivity index is 0.00000112. The number of anilines is 1. The summed E-state index contributed by atoms with van der Waals surface area (Å²) in [5.74, 6) is 0.230. The highest BCUT2D eigenvalue weighted by Gasteiger charge is 2.08. The van der Waals surface area contributed by atoms with Gasteiger partial charge in [0.2, 0.25) is 0 Å². The van der Waals surface area contributed by atoms with Crippen molar-refractivity contribution in [3.05, 3.63) is 36.1 Å². The van der Waals surface area contributed by atoms with E-state index < -0.39 is 0 Å². The van der Waals surface area contributed by atoms with Crippen LogP contribution in [0, 0.1) is 5.82 Å². The van der Waals surface area contributed by atoms with Gasteiger partial charge in [-0.3, -0.25) is 4.68 Å². The summed E-state index contributed by atoms with van der Waals surface area (Å²) in [5.41, 5.74) is 6.64. The van der Waals surface area contributed by atoms with E-state index in [-0.39, 0.29) is 18.2 Å². The fraction of sp³-hybridized carbons (Fsp3) is 0.100. The summed E-state index contributed by atoms with van der Waals surface area (Å²) in [7, 11) is 1.72. The van der Waals surface area contributed by atoms with E-state index >= 15 is 0 Å². The molecule has 1 aromatic heterocycles. The predicted octanol–water partition coefficient (Wildman–Crippen LogP) is 2.23. The van der Waals surface area contributed by atoms with Crippen LogP contribution in [0.3, 0.4) is 0 Å². The molecule has 0 spiro atoms. The minimum absolute atomic E-state index is 0. The Hall–Kier alpha value is -1.55. The lowest BCUT2D eigenvalue weighted by atomic mass is 10.1. The minimum Gasteiger partial charge on any atom is -0.384 e. The Morgan fingerprint density at radius 3 is 2.53 bits per heavy atom. The van der Waals surface area contributed by atoms with E-state index in [4.69, 9.17) is 5.73 Å². The molecule has 0 fully saturated rings. The molecule has 0 saturated carbocycles. The summed E-state index contributed by atoms with van der Waals surface area (Å²) in [6.07, 6.45) is 0. The molecule has 1 aromatic carbocycles. The second-order valence-electron chi connectivity index (χ2n) is 3.06. The van der Waals surface area contributed by atoms with Crippen LogP contribution in [0.1, 0.15) is 0 Å². The third kappa shape index (κ3) is 2.10. The second-order valence-corrected chi connectivity index (χ2v) is 3.06. The predicted molar refractivity (Wildman–Crippen MR) is 60.3 cm³/mol. The number of benzene rings is 1. The lowest BCUT2D eigenvalue weighted by Crippen LogP contribution is -1.96. The zero-order valence-electron chi connectivity index (χ0n) is 8.14. The van der Waals surface area contributed by atoms with E-state index in [2.05, 4.69) is 5.10 Å². The molecule has 1 heterocycles. The maximum atomic E-state index is 13.3. The number of nitrogen functional groups attached to an aromatic ring is 1. The molecule has 2 N–H and O–H groups in total. The third-order valence-electron chi connectivity index (χ3n) is 2.07. The first kappa shape index (κ1) is 11.5. The van der Waals surface area contributed by atoms with Gasteiger partial charge in [-0.05, 0) is 12.1 Å². The van der Waals surface area contributed by atoms with E-state index in [1.165, 1.54) is 10.7 Å². The van der Waals surface area contributed by atoms with Crippen molar-refractivity contribution in [2.45, 2.75) is 0 Å². The number of aryl methyl sites for hydroxylation is 1. The first-order valence-electron chi connectivity index (χ1n) is 4.23. The molecule has 3 nitrogen and oxygen atoms in total. The highest BCUT2D eigenvalue weighted by molar-refractivity contribution is 5.85. The summed E-state index contributed by atoms with van der Waals surface area (Å²) >= 11 is 0. The summed E-state index contributed by atoms with van der Waals surface area (Å²) in [6, 6.07) is 8.14. The summed E-state index contributed by atoms with van der Waals surface area (Å²) in [5, 5.41) is 4.09. The molecule has 0 atom stereocenters. The van der Waals surface area contributed by atoms with E-state index in [0.717, 1.165) is 0 Å². The first-order valence-corrected chi connectivity index (χ1v) is 4.23. The molecule has 0 aliphatic rings. The van der Waals surface area contributed by atoms with Crippen molar-refractivity contribution in [2.24, 2.45) is 7.05 Å². The number of hydrogen-bond acceptors (Lipinski definition) is 2. The lowest BCUT2D eigenvalue weighted by Gasteiger charge is -1.96. The average molecular weight is 228 g/mol. The van der Waals surface area contributed by atoms with E-state index in [1.54, 1.807) is 31.3 Å². The molecule has 0 unspecified atom stereocenters. The Morgan fingerprint density at radius 1 is 1.33 bits per heavy atom. The molecule has 80 valence electrons. The molecule has 15 heavy (non-hydrogen) atoms. The number of aromatic nitrogens is 2. The van der Waals surface area contributed by atoms with Crippen molar-refractivity contribution in [1.29, 1.82) is 0 Å². The number of rotatable bonds is 1. The van der Waals surface area contributed by atoms with E-state index in [9.17, 15) is 4.39 Å². The zero-order chi connectivity index (χ0) is 10.1. The van der Waals surface area contributed by atoms with Gasteiger partial charge >= 0.3 is 0 Å². The fourth-order valence-corrected chi connectivity index (χ4v) is 1.28. The largest absolute Gasteiger partial charge is 0.384 e. The van der Waals surface area contributed by atoms with Gasteiger partial charge in [0.1, 0.15) is 11.6 Å². The number of nitrogens with zero attached hydrogens (tertiary/aromatic N) is 2. The summed E-state index contributed by atoms with van der Waals surface area (Å²) in [4.78, 5) is 0. The zero-order valence-corrected chi connectivity index (χ0v) is 8.96. The average Bonchev–Trinajstić information content (AvgIpc) is 2.48. The monoisotopic (exact) mass is 227 g/mol. The van der Waals surface area contributed by atoms with Crippen LogP contribution < -0.4 is 5.73 Å². The Morgan fingerprint density at radius 2 is 2.00 bits per heavy atom. The van der Waals surface area contributed by atoms with Gasteiger partial charge in [-0.2, -0.15) is 5.10 Å². The number of hydrogen-bond donors (Lipinski definition) is 1. The molecule has 0 radical (unpaired) electrons. The second kappa shape index (κ2) is 4.31. The quantitative estimate of drug-likeness (QED) is 0.812. The van der Waals surface area contributed by atoms with Crippen molar-refractivity contribution in [2.75, 3.05) is 5.73 Å². The molecular weight excluding hydrogens is 217 g/mol. The number of halogens is 2. The Labute approximate surface area is 93.1 Å². The van der Waals surface area contributed by atoms with E-state index in [1.807, 2.05) is 0 Å². The number of nitrogens with two attached hydrogens (primary N) is 1. The van der Waals surface area contributed by atoms with Crippen LogP contribution in [0.5, 0.6) is 0 Å². The van der Waals surface area contributed by atoms with Crippen LogP contribution in [0.15, 0.2) is 30.3 Å². The van der Waals surface area contributed by atoms with Gasteiger partial charge in [0.25, 0.3) is 0 Å². The van der Waals surface area contributed by atoms with Crippen molar-refractivity contribution < 1.29 is 4.39 Å². The van der Waals surface area contributed by atoms with Crippen LogP contribution in [0.2, 0.25) is 0 Å². The molecule has 0 aliphatic heterocycles. The molecule has 0 saturated heterocycles. The molecular formula is C10H11ClFN3. The third-order valence-corrected chi connectivity index (χ3v) is 2.07. The standard InChI is InChI=1S/C10H10FN3.ClH/c1-14-10(12)6-9(13-14)7-4-2-3-5-8(7)11;/h2-6H,12H2,1H3;1H.